The number of rotatable bonds is 4. The molecule has 138 valence electrons. The molecule has 0 saturated carbocycles. The third-order valence-electron chi connectivity index (χ3n) is 3.89. The van der Waals surface area contributed by atoms with Gasteiger partial charge in [-0.25, -0.2) is 4.79 Å². The van der Waals surface area contributed by atoms with Gasteiger partial charge in [0, 0.05) is 24.4 Å². The number of esters is 1. The molecule has 0 radical (unpaired) electrons. The molecule has 0 saturated heterocycles. The standard InChI is InChI=1S/C18H16N4O5/c23-17(20-13-3-4-14-15(8-13)26-7-1-6-25-14)10-27-18(24)12-2-5-16-21-19-11-22(16)9-12/h2-5,8-9,11H,1,6-7,10H2,(H,20,23). The molecule has 0 aliphatic carbocycles. The molecule has 1 aliphatic rings. The smallest absolute Gasteiger partial charge is 0.340 e. The van der Waals surface area contributed by atoms with Crippen molar-refractivity contribution < 1.29 is 23.8 Å². The number of fused-ring (bicyclic) bond motifs is 2. The number of hydrogen-bond acceptors (Lipinski definition) is 7. The number of anilines is 1. The van der Waals surface area contributed by atoms with Crippen LogP contribution in [-0.4, -0.2) is 46.3 Å². The van der Waals surface area contributed by atoms with Gasteiger partial charge >= 0.3 is 5.97 Å². The van der Waals surface area contributed by atoms with Crippen LogP contribution >= 0.6 is 0 Å². The third-order valence-corrected chi connectivity index (χ3v) is 3.89. The van der Waals surface area contributed by atoms with Crippen molar-refractivity contribution in [2.45, 2.75) is 6.42 Å². The molecule has 0 bridgehead atoms. The van der Waals surface area contributed by atoms with Crippen LogP contribution in [0.3, 0.4) is 0 Å². The zero-order valence-electron chi connectivity index (χ0n) is 14.3. The van der Waals surface area contributed by atoms with E-state index in [1.807, 2.05) is 0 Å². The lowest BCUT2D eigenvalue weighted by Gasteiger charge is -2.10. The molecular formula is C18H16N4O5. The van der Waals surface area contributed by atoms with E-state index in [0.717, 1.165) is 6.42 Å². The summed E-state index contributed by atoms with van der Waals surface area (Å²) in [6, 6.07) is 8.32. The zero-order valence-corrected chi connectivity index (χ0v) is 14.3. The largest absolute Gasteiger partial charge is 0.490 e. The molecule has 1 amide bonds. The maximum absolute atomic E-state index is 12.1. The highest BCUT2D eigenvalue weighted by atomic mass is 16.5. The van der Waals surface area contributed by atoms with Crippen LogP contribution in [0, 0.1) is 0 Å². The lowest BCUT2D eigenvalue weighted by Crippen LogP contribution is -2.21. The normalized spacial score (nSPS) is 13.0. The van der Waals surface area contributed by atoms with Crippen LogP contribution in [-0.2, 0) is 9.53 Å². The second-order valence-corrected chi connectivity index (χ2v) is 5.85. The Morgan fingerprint density at radius 3 is 2.89 bits per heavy atom. The Hall–Kier alpha value is -3.62. The van der Waals surface area contributed by atoms with E-state index in [-0.39, 0.29) is 0 Å². The third kappa shape index (κ3) is 3.81. The molecule has 3 heterocycles. The summed E-state index contributed by atoms with van der Waals surface area (Å²) in [6.07, 6.45) is 3.82. The summed E-state index contributed by atoms with van der Waals surface area (Å²) < 4.78 is 17.8. The highest BCUT2D eigenvalue weighted by Gasteiger charge is 2.14. The fraction of sp³-hybridized carbons (Fsp3) is 0.222. The zero-order chi connectivity index (χ0) is 18.6. The van der Waals surface area contributed by atoms with E-state index in [1.165, 1.54) is 6.33 Å². The van der Waals surface area contributed by atoms with Gasteiger partial charge in [0.2, 0.25) is 0 Å². The molecule has 0 unspecified atom stereocenters. The quantitative estimate of drug-likeness (QED) is 0.699. The van der Waals surface area contributed by atoms with Crippen LogP contribution in [0.2, 0.25) is 0 Å². The number of carbonyl (C=O) groups excluding carboxylic acids is 2. The van der Waals surface area contributed by atoms with Crippen LogP contribution in [0.1, 0.15) is 16.8 Å². The molecule has 0 fully saturated rings. The van der Waals surface area contributed by atoms with Crippen molar-refractivity contribution in [3.8, 4) is 11.5 Å². The Morgan fingerprint density at radius 1 is 1.15 bits per heavy atom. The van der Waals surface area contributed by atoms with Crippen molar-refractivity contribution in [1.82, 2.24) is 14.6 Å². The monoisotopic (exact) mass is 368 g/mol. The van der Waals surface area contributed by atoms with E-state index < -0.39 is 18.5 Å². The molecular weight excluding hydrogens is 352 g/mol. The number of amides is 1. The highest BCUT2D eigenvalue weighted by molar-refractivity contribution is 5.95. The van der Waals surface area contributed by atoms with Gasteiger partial charge in [0.05, 0.1) is 18.8 Å². The Kier molecular flexibility index (Phi) is 4.56. The van der Waals surface area contributed by atoms with Crippen molar-refractivity contribution in [3.05, 3.63) is 48.4 Å². The van der Waals surface area contributed by atoms with Crippen LogP contribution in [0.5, 0.6) is 11.5 Å². The van der Waals surface area contributed by atoms with Crippen LogP contribution < -0.4 is 14.8 Å². The van der Waals surface area contributed by atoms with E-state index in [2.05, 4.69) is 15.5 Å². The molecule has 0 spiro atoms. The van der Waals surface area contributed by atoms with Gasteiger partial charge in [0.1, 0.15) is 6.33 Å². The van der Waals surface area contributed by atoms with Gasteiger partial charge in [-0.15, -0.1) is 10.2 Å². The maximum Gasteiger partial charge on any atom is 0.340 e. The topological polar surface area (TPSA) is 104 Å². The number of nitrogens with one attached hydrogen (secondary N) is 1. The Balaban J connectivity index is 1.35. The summed E-state index contributed by atoms with van der Waals surface area (Å²) in [6.45, 7) is 0.738. The number of carbonyl (C=O) groups is 2. The lowest BCUT2D eigenvalue weighted by molar-refractivity contribution is -0.119. The number of pyridine rings is 1. The first-order chi connectivity index (χ1) is 13.2. The number of aromatic nitrogens is 3. The number of hydrogen-bond donors (Lipinski definition) is 1. The van der Waals surface area contributed by atoms with Crippen molar-refractivity contribution in [1.29, 1.82) is 0 Å². The average molecular weight is 368 g/mol. The molecule has 2 aromatic heterocycles. The van der Waals surface area contributed by atoms with Crippen molar-refractivity contribution in [2.75, 3.05) is 25.1 Å². The number of nitrogens with zero attached hydrogens (tertiary/aromatic N) is 3. The van der Waals surface area contributed by atoms with Gasteiger partial charge in [-0.3, -0.25) is 9.20 Å². The van der Waals surface area contributed by atoms with Gasteiger partial charge in [0.15, 0.2) is 23.8 Å². The Morgan fingerprint density at radius 2 is 2.00 bits per heavy atom. The van der Waals surface area contributed by atoms with Gasteiger partial charge < -0.3 is 19.5 Å². The second-order valence-electron chi connectivity index (χ2n) is 5.85. The Bertz CT molecular complexity index is 1000. The fourth-order valence-electron chi connectivity index (χ4n) is 2.60. The SMILES string of the molecule is O=C(COC(=O)c1ccc2nncn2c1)Nc1ccc2c(c1)OCCCO2. The minimum absolute atomic E-state index is 0.297. The van der Waals surface area contributed by atoms with Crippen molar-refractivity contribution in [3.63, 3.8) is 0 Å². The molecule has 0 atom stereocenters. The molecule has 1 N–H and O–H groups in total. The summed E-state index contributed by atoms with van der Waals surface area (Å²) in [7, 11) is 0. The fourth-order valence-corrected chi connectivity index (χ4v) is 2.60. The first-order valence-electron chi connectivity index (χ1n) is 8.35. The molecule has 3 aromatic rings. The first-order valence-corrected chi connectivity index (χ1v) is 8.35. The predicted octanol–water partition coefficient (Wildman–Crippen LogP) is 1.69. The van der Waals surface area contributed by atoms with Crippen molar-refractivity contribution in [2.24, 2.45) is 0 Å². The molecule has 4 rings (SSSR count). The summed E-state index contributed by atoms with van der Waals surface area (Å²) in [5, 5.41) is 10.3. The summed E-state index contributed by atoms with van der Waals surface area (Å²) in [5.74, 6) is 0.147. The van der Waals surface area contributed by atoms with Crippen LogP contribution in [0.25, 0.3) is 5.65 Å². The van der Waals surface area contributed by atoms with E-state index in [0.29, 0.717) is 41.6 Å². The van der Waals surface area contributed by atoms with E-state index in [9.17, 15) is 9.59 Å². The molecule has 1 aromatic carbocycles. The molecule has 27 heavy (non-hydrogen) atoms. The highest BCUT2D eigenvalue weighted by Crippen LogP contribution is 2.32. The molecule has 1 aliphatic heterocycles. The van der Waals surface area contributed by atoms with Gasteiger partial charge in [-0.05, 0) is 24.3 Å². The summed E-state index contributed by atoms with van der Waals surface area (Å²) in [5.41, 5.74) is 1.44. The Labute approximate surface area is 153 Å². The van der Waals surface area contributed by atoms with Crippen LogP contribution in [0.4, 0.5) is 5.69 Å². The molecule has 9 heteroatoms. The van der Waals surface area contributed by atoms with Crippen LogP contribution in [0.15, 0.2) is 42.9 Å². The first kappa shape index (κ1) is 16.8. The van der Waals surface area contributed by atoms with E-state index >= 15 is 0 Å². The lowest BCUT2D eigenvalue weighted by atomic mass is 10.2. The minimum Gasteiger partial charge on any atom is -0.490 e. The number of benzene rings is 1. The van der Waals surface area contributed by atoms with E-state index in [1.54, 1.807) is 40.9 Å². The van der Waals surface area contributed by atoms with Gasteiger partial charge in [-0.1, -0.05) is 0 Å². The summed E-state index contributed by atoms with van der Waals surface area (Å²) >= 11 is 0. The minimum atomic E-state index is -0.612. The maximum atomic E-state index is 12.1. The second kappa shape index (κ2) is 7.32. The van der Waals surface area contributed by atoms with Crippen molar-refractivity contribution >= 4 is 23.2 Å². The van der Waals surface area contributed by atoms with Gasteiger partial charge in [-0.2, -0.15) is 0 Å². The average Bonchev–Trinajstić information content (AvgIpc) is 3.02. The predicted molar refractivity (Wildman–Crippen MR) is 93.9 cm³/mol. The molecule has 9 nitrogen and oxygen atoms in total. The van der Waals surface area contributed by atoms with E-state index in [4.69, 9.17) is 14.2 Å². The number of ether oxygens (including phenoxy) is 3. The summed E-state index contributed by atoms with van der Waals surface area (Å²) in [4.78, 5) is 24.2. The van der Waals surface area contributed by atoms with Gasteiger partial charge in [0.25, 0.3) is 5.91 Å².